The van der Waals surface area contributed by atoms with Crippen molar-refractivity contribution in [3.05, 3.63) is 89.4 Å². The lowest BCUT2D eigenvalue weighted by atomic mass is 10.1. The monoisotopic (exact) mass is 384 g/mol. The molecule has 0 aliphatic rings. The first-order chi connectivity index (χ1) is 14.1. The number of aryl methyl sites for hydroxylation is 1. The van der Waals surface area contributed by atoms with E-state index in [0.29, 0.717) is 6.54 Å². The van der Waals surface area contributed by atoms with Crippen molar-refractivity contribution in [3.63, 3.8) is 0 Å². The van der Waals surface area contributed by atoms with Crippen molar-refractivity contribution in [3.8, 4) is 5.69 Å². The van der Waals surface area contributed by atoms with E-state index in [0.717, 1.165) is 34.6 Å². The van der Waals surface area contributed by atoms with Gasteiger partial charge in [-0.25, -0.2) is 4.68 Å². The van der Waals surface area contributed by atoms with Gasteiger partial charge in [0, 0.05) is 41.0 Å². The number of aromatic nitrogens is 3. The quantitative estimate of drug-likeness (QED) is 0.486. The van der Waals surface area contributed by atoms with Crippen molar-refractivity contribution in [2.24, 2.45) is 0 Å². The van der Waals surface area contributed by atoms with E-state index in [2.05, 4.69) is 27.5 Å². The number of nitrogens with one attached hydrogen (secondary N) is 2. The second-order valence-corrected chi connectivity index (χ2v) is 7.07. The van der Waals surface area contributed by atoms with E-state index >= 15 is 0 Å². The molecule has 2 aromatic carbocycles. The summed E-state index contributed by atoms with van der Waals surface area (Å²) in [6.07, 6.45) is 6.23. The van der Waals surface area contributed by atoms with Gasteiger partial charge < -0.3 is 10.3 Å². The maximum Gasteiger partial charge on any atom is 0.244 e. The van der Waals surface area contributed by atoms with Crippen LogP contribution in [-0.2, 0) is 11.2 Å². The SMILES string of the molecule is Cc1nn(-c2ccccc2)c(C)c1/C=C/C(=O)NCCc1c[nH]c2ccccc12. The van der Waals surface area contributed by atoms with Crippen LogP contribution >= 0.6 is 0 Å². The molecule has 5 heteroatoms. The number of para-hydroxylation sites is 2. The van der Waals surface area contributed by atoms with Gasteiger partial charge in [-0.2, -0.15) is 5.10 Å². The molecule has 0 saturated heterocycles. The van der Waals surface area contributed by atoms with Gasteiger partial charge in [-0.15, -0.1) is 0 Å². The number of H-pyrrole nitrogens is 1. The zero-order valence-corrected chi connectivity index (χ0v) is 16.6. The largest absolute Gasteiger partial charge is 0.361 e. The molecule has 0 aliphatic carbocycles. The van der Waals surface area contributed by atoms with Crippen molar-refractivity contribution >= 4 is 22.9 Å². The molecule has 2 heterocycles. The molecule has 1 amide bonds. The minimum absolute atomic E-state index is 0.101. The van der Waals surface area contributed by atoms with Crippen LogP contribution in [0.3, 0.4) is 0 Å². The van der Waals surface area contributed by atoms with Gasteiger partial charge in [0.2, 0.25) is 5.91 Å². The molecule has 146 valence electrons. The van der Waals surface area contributed by atoms with Gasteiger partial charge in [0.15, 0.2) is 0 Å². The summed E-state index contributed by atoms with van der Waals surface area (Å²) in [7, 11) is 0. The molecule has 0 saturated carbocycles. The fraction of sp³-hybridized carbons (Fsp3) is 0.167. The van der Waals surface area contributed by atoms with Crippen LogP contribution in [-0.4, -0.2) is 27.2 Å². The third kappa shape index (κ3) is 3.99. The molecule has 0 spiro atoms. The maximum atomic E-state index is 12.3. The molecule has 0 bridgehead atoms. The Morgan fingerprint density at radius 2 is 1.86 bits per heavy atom. The molecule has 4 rings (SSSR count). The second-order valence-electron chi connectivity index (χ2n) is 7.07. The molecule has 0 fully saturated rings. The summed E-state index contributed by atoms with van der Waals surface area (Å²) in [5.41, 5.74) is 6.22. The number of aromatic amines is 1. The number of benzene rings is 2. The topological polar surface area (TPSA) is 62.7 Å². The maximum absolute atomic E-state index is 12.3. The number of amides is 1. The van der Waals surface area contributed by atoms with Crippen LogP contribution in [0.5, 0.6) is 0 Å². The predicted octanol–water partition coefficient (Wildman–Crippen LogP) is 4.34. The van der Waals surface area contributed by atoms with Gasteiger partial charge in [-0.3, -0.25) is 4.79 Å². The molecule has 0 aliphatic heterocycles. The normalized spacial score (nSPS) is 11.4. The average molecular weight is 384 g/mol. The Labute approximate surface area is 170 Å². The predicted molar refractivity (Wildman–Crippen MR) is 117 cm³/mol. The lowest BCUT2D eigenvalue weighted by Crippen LogP contribution is -2.23. The number of rotatable bonds is 6. The molecular formula is C24H24N4O. The molecule has 0 atom stereocenters. The van der Waals surface area contributed by atoms with Gasteiger partial charge >= 0.3 is 0 Å². The van der Waals surface area contributed by atoms with Gasteiger partial charge in [0.05, 0.1) is 11.4 Å². The first-order valence-corrected chi connectivity index (χ1v) is 9.76. The number of carbonyl (C=O) groups excluding carboxylic acids is 1. The van der Waals surface area contributed by atoms with E-state index < -0.39 is 0 Å². The van der Waals surface area contributed by atoms with Gasteiger partial charge in [-0.05, 0) is 50.1 Å². The van der Waals surface area contributed by atoms with E-state index in [-0.39, 0.29) is 5.91 Å². The van der Waals surface area contributed by atoms with E-state index in [1.807, 2.05) is 73.3 Å². The first-order valence-electron chi connectivity index (χ1n) is 9.76. The minimum Gasteiger partial charge on any atom is -0.361 e. The smallest absolute Gasteiger partial charge is 0.244 e. The van der Waals surface area contributed by atoms with Crippen LogP contribution in [0.1, 0.15) is 22.5 Å². The minimum atomic E-state index is -0.101. The number of hydrogen-bond donors (Lipinski definition) is 2. The van der Waals surface area contributed by atoms with Gasteiger partial charge in [-0.1, -0.05) is 36.4 Å². The lowest BCUT2D eigenvalue weighted by molar-refractivity contribution is -0.116. The third-order valence-corrected chi connectivity index (χ3v) is 5.12. The standard InChI is InChI=1S/C24H24N4O/c1-17-21(18(2)28(27-17)20-8-4-3-5-9-20)12-13-24(29)25-15-14-19-16-26-23-11-7-6-10-22(19)23/h3-13,16,26H,14-15H2,1-2H3,(H,25,29)/b13-12+. The molecule has 4 aromatic rings. The zero-order valence-electron chi connectivity index (χ0n) is 16.6. The fourth-order valence-corrected chi connectivity index (χ4v) is 3.59. The lowest BCUT2D eigenvalue weighted by Gasteiger charge is -2.04. The second kappa shape index (κ2) is 8.19. The number of carbonyl (C=O) groups is 1. The van der Waals surface area contributed by atoms with Crippen molar-refractivity contribution in [1.82, 2.24) is 20.1 Å². The van der Waals surface area contributed by atoms with Crippen LogP contribution in [0.2, 0.25) is 0 Å². The highest BCUT2D eigenvalue weighted by molar-refractivity contribution is 5.92. The highest BCUT2D eigenvalue weighted by Crippen LogP contribution is 2.19. The summed E-state index contributed by atoms with van der Waals surface area (Å²) in [6, 6.07) is 18.2. The van der Waals surface area contributed by atoms with Gasteiger partial charge in [0.1, 0.15) is 0 Å². The Balaban J connectivity index is 1.39. The van der Waals surface area contributed by atoms with Crippen LogP contribution in [0.15, 0.2) is 66.9 Å². The number of nitrogens with zero attached hydrogens (tertiary/aromatic N) is 2. The summed E-state index contributed by atoms with van der Waals surface area (Å²) in [4.78, 5) is 15.5. The van der Waals surface area contributed by atoms with Crippen molar-refractivity contribution in [2.75, 3.05) is 6.54 Å². The highest BCUT2D eigenvalue weighted by Gasteiger charge is 2.10. The first kappa shape index (κ1) is 18.7. The molecule has 29 heavy (non-hydrogen) atoms. The summed E-state index contributed by atoms with van der Waals surface area (Å²) in [6.45, 7) is 4.56. The van der Waals surface area contributed by atoms with Crippen LogP contribution in [0, 0.1) is 13.8 Å². The highest BCUT2D eigenvalue weighted by atomic mass is 16.1. The molecule has 2 aromatic heterocycles. The van der Waals surface area contributed by atoms with E-state index in [1.165, 1.54) is 10.9 Å². The van der Waals surface area contributed by atoms with Crippen LogP contribution in [0.25, 0.3) is 22.7 Å². The number of hydrogen-bond acceptors (Lipinski definition) is 2. The van der Waals surface area contributed by atoms with Crippen molar-refractivity contribution < 1.29 is 4.79 Å². The zero-order chi connectivity index (χ0) is 20.2. The summed E-state index contributed by atoms with van der Waals surface area (Å²) in [5.74, 6) is -0.101. The van der Waals surface area contributed by atoms with Gasteiger partial charge in [0.25, 0.3) is 0 Å². The Morgan fingerprint density at radius 1 is 1.10 bits per heavy atom. The average Bonchev–Trinajstić information content (AvgIpc) is 3.28. The summed E-state index contributed by atoms with van der Waals surface area (Å²) < 4.78 is 1.91. The Hall–Kier alpha value is -3.60. The number of fused-ring (bicyclic) bond motifs is 1. The van der Waals surface area contributed by atoms with Crippen LogP contribution < -0.4 is 5.32 Å². The summed E-state index contributed by atoms with van der Waals surface area (Å²) in [5, 5.41) is 8.79. The van der Waals surface area contributed by atoms with Crippen LogP contribution in [0.4, 0.5) is 0 Å². The molecular weight excluding hydrogens is 360 g/mol. The summed E-state index contributed by atoms with van der Waals surface area (Å²) >= 11 is 0. The fourth-order valence-electron chi connectivity index (χ4n) is 3.59. The Kier molecular flexibility index (Phi) is 5.29. The van der Waals surface area contributed by atoms with Crippen molar-refractivity contribution in [2.45, 2.75) is 20.3 Å². The molecule has 2 N–H and O–H groups in total. The molecule has 5 nitrogen and oxygen atoms in total. The van der Waals surface area contributed by atoms with E-state index in [9.17, 15) is 4.79 Å². The van der Waals surface area contributed by atoms with Crippen molar-refractivity contribution in [1.29, 1.82) is 0 Å². The third-order valence-electron chi connectivity index (χ3n) is 5.12. The van der Waals surface area contributed by atoms with E-state index in [4.69, 9.17) is 0 Å². The Morgan fingerprint density at radius 3 is 2.69 bits per heavy atom. The molecule has 0 unspecified atom stereocenters. The molecule has 0 radical (unpaired) electrons. The van der Waals surface area contributed by atoms with E-state index in [1.54, 1.807) is 6.08 Å². The Bertz CT molecular complexity index is 1170.